The minimum Gasteiger partial charge on any atom is -0.496 e. The molecule has 138 valence electrons. The number of methoxy groups -OCH3 is 1. The highest BCUT2D eigenvalue weighted by atomic mass is 35.5. The molecule has 0 aliphatic carbocycles. The van der Waals surface area contributed by atoms with E-state index in [2.05, 4.69) is 10.3 Å². The molecule has 8 heteroatoms. The number of carbonyl (C=O) groups excluding carboxylic acids is 1. The van der Waals surface area contributed by atoms with Crippen molar-refractivity contribution in [2.75, 3.05) is 7.11 Å². The Balaban J connectivity index is 1.85. The lowest BCUT2D eigenvalue weighted by Crippen LogP contribution is -2.19. The van der Waals surface area contributed by atoms with E-state index in [1.807, 2.05) is 25.1 Å². The van der Waals surface area contributed by atoms with Gasteiger partial charge in [0.15, 0.2) is 5.17 Å². The van der Waals surface area contributed by atoms with Gasteiger partial charge in [0.05, 0.1) is 28.3 Å². The zero-order valence-corrected chi connectivity index (χ0v) is 16.0. The predicted octanol–water partition coefficient (Wildman–Crippen LogP) is 4.25. The lowest BCUT2D eigenvalue weighted by Gasteiger charge is -2.04. The lowest BCUT2D eigenvalue weighted by molar-refractivity contribution is -0.115. The zero-order valence-electron chi connectivity index (χ0n) is 14.4. The fourth-order valence-corrected chi connectivity index (χ4v) is 3.53. The Morgan fingerprint density at radius 1 is 1.30 bits per heavy atom. The van der Waals surface area contributed by atoms with Gasteiger partial charge in [0.1, 0.15) is 5.75 Å². The summed E-state index contributed by atoms with van der Waals surface area (Å²) in [6.45, 7) is 1.93. The minimum absolute atomic E-state index is 0.0442. The maximum Gasteiger partial charge on any atom is 0.337 e. The molecule has 0 saturated carbocycles. The van der Waals surface area contributed by atoms with Crippen molar-refractivity contribution in [3.05, 3.63) is 63.0 Å². The Labute approximate surface area is 164 Å². The molecule has 2 aromatic carbocycles. The average molecular weight is 403 g/mol. The number of benzene rings is 2. The summed E-state index contributed by atoms with van der Waals surface area (Å²) >= 11 is 7.04. The molecule has 1 fully saturated rings. The van der Waals surface area contributed by atoms with E-state index in [0.717, 1.165) is 16.9 Å². The topological polar surface area (TPSA) is 88.0 Å². The van der Waals surface area contributed by atoms with E-state index in [1.165, 1.54) is 23.9 Å². The van der Waals surface area contributed by atoms with Crippen LogP contribution in [0, 0.1) is 6.92 Å². The number of thioether (sulfide) groups is 1. The number of rotatable bonds is 4. The fraction of sp³-hybridized carbons (Fsp3) is 0.105. The number of ether oxygens (including phenoxy) is 1. The van der Waals surface area contributed by atoms with Crippen molar-refractivity contribution in [2.24, 2.45) is 4.99 Å². The summed E-state index contributed by atoms with van der Waals surface area (Å²) in [7, 11) is 1.61. The van der Waals surface area contributed by atoms with Gasteiger partial charge >= 0.3 is 5.97 Å². The van der Waals surface area contributed by atoms with Crippen LogP contribution in [-0.4, -0.2) is 29.3 Å². The van der Waals surface area contributed by atoms with Crippen LogP contribution in [0.25, 0.3) is 6.08 Å². The van der Waals surface area contributed by atoms with Crippen molar-refractivity contribution < 1.29 is 19.4 Å². The first-order valence-electron chi connectivity index (χ1n) is 7.84. The van der Waals surface area contributed by atoms with Crippen molar-refractivity contribution in [1.82, 2.24) is 5.32 Å². The largest absolute Gasteiger partial charge is 0.496 e. The monoisotopic (exact) mass is 402 g/mol. The fourth-order valence-electron chi connectivity index (χ4n) is 2.49. The van der Waals surface area contributed by atoms with Gasteiger partial charge in [-0.1, -0.05) is 17.7 Å². The number of nitrogens with one attached hydrogen (secondary N) is 1. The first kappa shape index (κ1) is 19.0. The number of aryl methyl sites for hydroxylation is 1. The summed E-state index contributed by atoms with van der Waals surface area (Å²) in [6, 6.07) is 10.0. The highest BCUT2D eigenvalue weighted by Gasteiger charge is 2.24. The van der Waals surface area contributed by atoms with E-state index in [4.69, 9.17) is 21.4 Å². The second-order valence-electron chi connectivity index (χ2n) is 5.68. The van der Waals surface area contributed by atoms with Crippen LogP contribution in [0.3, 0.4) is 0 Å². The molecule has 6 nitrogen and oxygen atoms in total. The molecule has 2 N–H and O–H groups in total. The minimum atomic E-state index is -1.14. The van der Waals surface area contributed by atoms with Crippen LogP contribution >= 0.6 is 23.4 Å². The average Bonchev–Trinajstić information content (AvgIpc) is 2.95. The SMILES string of the molecule is COc1ccc(C=C2SC(=Nc3ccc(Cl)c(C(=O)O)c3)NC2=O)cc1C. The van der Waals surface area contributed by atoms with Crippen molar-refractivity contribution in [3.63, 3.8) is 0 Å². The predicted molar refractivity (Wildman–Crippen MR) is 107 cm³/mol. The maximum atomic E-state index is 12.2. The highest BCUT2D eigenvalue weighted by Crippen LogP contribution is 2.30. The molecule has 0 atom stereocenters. The molecule has 1 heterocycles. The van der Waals surface area contributed by atoms with Crippen LogP contribution in [0.1, 0.15) is 21.5 Å². The maximum absolute atomic E-state index is 12.2. The normalized spacial score (nSPS) is 16.6. The van der Waals surface area contributed by atoms with Gasteiger partial charge in [-0.05, 0) is 66.2 Å². The van der Waals surface area contributed by atoms with Gasteiger partial charge in [0.25, 0.3) is 5.91 Å². The zero-order chi connectivity index (χ0) is 19.6. The third-order valence-electron chi connectivity index (χ3n) is 3.78. The number of carboxylic acids is 1. The van der Waals surface area contributed by atoms with E-state index in [1.54, 1.807) is 19.3 Å². The van der Waals surface area contributed by atoms with Gasteiger partial charge in [0, 0.05) is 0 Å². The molecule has 0 bridgehead atoms. The number of aromatic carboxylic acids is 1. The Kier molecular flexibility index (Phi) is 5.53. The summed E-state index contributed by atoms with van der Waals surface area (Å²) in [5, 5.41) is 12.3. The summed E-state index contributed by atoms with van der Waals surface area (Å²) < 4.78 is 5.23. The smallest absolute Gasteiger partial charge is 0.337 e. The number of nitrogens with zero attached hydrogens (tertiary/aromatic N) is 1. The summed E-state index contributed by atoms with van der Waals surface area (Å²) in [4.78, 5) is 28.1. The van der Waals surface area contributed by atoms with E-state index >= 15 is 0 Å². The van der Waals surface area contributed by atoms with Crippen LogP contribution < -0.4 is 10.1 Å². The van der Waals surface area contributed by atoms with E-state index in [9.17, 15) is 9.59 Å². The van der Waals surface area contributed by atoms with Crippen LogP contribution in [0.4, 0.5) is 5.69 Å². The molecular formula is C19H15ClN2O4S. The number of hydrogen-bond acceptors (Lipinski definition) is 5. The standard InChI is InChI=1S/C19H15ClN2O4S/c1-10-7-11(3-6-15(10)26-2)8-16-17(23)22-19(27-16)21-12-4-5-14(20)13(9-12)18(24)25/h3-9H,1-2H3,(H,24,25)(H,21,22,23). The quantitative estimate of drug-likeness (QED) is 0.746. The van der Waals surface area contributed by atoms with Crippen molar-refractivity contribution in [2.45, 2.75) is 6.92 Å². The van der Waals surface area contributed by atoms with Gasteiger partial charge in [-0.2, -0.15) is 0 Å². The second kappa shape index (κ2) is 7.85. The Morgan fingerprint density at radius 2 is 2.07 bits per heavy atom. The Morgan fingerprint density at radius 3 is 2.74 bits per heavy atom. The van der Waals surface area contributed by atoms with Gasteiger partial charge in [0.2, 0.25) is 0 Å². The highest BCUT2D eigenvalue weighted by molar-refractivity contribution is 8.18. The number of amides is 1. The molecule has 0 aromatic heterocycles. The number of amidine groups is 1. The van der Waals surface area contributed by atoms with E-state index in [0.29, 0.717) is 15.8 Å². The molecule has 27 heavy (non-hydrogen) atoms. The molecule has 1 aliphatic heterocycles. The summed E-state index contributed by atoms with van der Waals surface area (Å²) in [5.74, 6) is -0.625. The molecule has 0 radical (unpaired) electrons. The first-order chi connectivity index (χ1) is 12.9. The molecule has 0 spiro atoms. The summed E-state index contributed by atoms with van der Waals surface area (Å²) in [5.41, 5.74) is 2.18. The van der Waals surface area contributed by atoms with Crippen LogP contribution in [0.5, 0.6) is 5.75 Å². The number of carbonyl (C=O) groups is 2. The van der Waals surface area contributed by atoms with E-state index in [-0.39, 0.29) is 16.5 Å². The molecule has 1 aliphatic rings. The first-order valence-corrected chi connectivity index (χ1v) is 9.04. The van der Waals surface area contributed by atoms with Crippen LogP contribution in [-0.2, 0) is 4.79 Å². The molecule has 0 unspecified atom stereocenters. The van der Waals surface area contributed by atoms with Gasteiger partial charge in [-0.15, -0.1) is 0 Å². The molecule has 1 saturated heterocycles. The van der Waals surface area contributed by atoms with Crippen LogP contribution in [0.2, 0.25) is 5.02 Å². The van der Waals surface area contributed by atoms with Crippen molar-refractivity contribution >= 4 is 52.2 Å². The van der Waals surface area contributed by atoms with Gasteiger partial charge in [-0.3, -0.25) is 4.79 Å². The number of carboxylic acid groups (broad SMARTS) is 1. The third-order valence-corrected chi connectivity index (χ3v) is 5.02. The van der Waals surface area contributed by atoms with Gasteiger partial charge < -0.3 is 15.2 Å². The van der Waals surface area contributed by atoms with E-state index < -0.39 is 5.97 Å². The Bertz CT molecular complexity index is 1000. The number of hydrogen-bond donors (Lipinski definition) is 2. The molecule has 1 amide bonds. The van der Waals surface area contributed by atoms with Crippen molar-refractivity contribution in [1.29, 1.82) is 0 Å². The molecule has 2 aromatic rings. The van der Waals surface area contributed by atoms with Crippen molar-refractivity contribution in [3.8, 4) is 5.75 Å². The summed E-state index contributed by atoms with van der Waals surface area (Å²) in [6.07, 6.45) is 1.76. The second-order valence-corrected chi connectivity index (χ2v) is 7.12. The number of aliphatic imine (C=N–C) groups is 1. The van der Waals surface area contributed by atoms with Crippen LogP contribution in [0.15, 0.2) is 46.3 Å². The molecule has 3 rings (SSSR count). The number of halogens is 1. The third kappa shape index (κ3) is 4.32. The lowest BCUT2D eigenvalue weighted by atomic mass is 10.1. The Hall–Kier alpha value is -2.77. The molecular weight excluding hydrogens is 388 g/mol. The van der Waals surface area contributed by atoms with Gasteiger partial charge in [-0.25, -0.2) is 9.79 Å².